The van der Waals surface area contributed by atoms with Crippen molar-refractivity contribution < 1.29 is 9.53 Å². The van der Waals surface area contributed by atoms with Crippen LogP contribution in [0.3, 0.4) is 0 Å². The minimum Gasteiger partial charge on any atom is -0.379 e. The predicted molar refractivity (Wildman–Crippen MR) is 117 cm³/mol. The molecule has 4 rings (SSSR count). The molecule has 1 saturated heterocycles. The maximum absolute atomic E-state index is 12.8. The minimum absolute atomic E-state index is 0.224. The van der Waals surface area contributed by atoms with E-state index in [0.717, 1.165) is 44.1 Å². The van der Waals surface area contributed by atoms with Gasteiger partial charge in [0.15, 0.2) is 0 Å². The average molecular weight is 425 g/mol. The number of nitrogens with one attached hydrogen (secondary N) is 1. The summed E-state index contributed by atoms with van der Waals surface area (Å²) in [6.45, 7) is 6.58. The molecule has 0 radical (unpaired) electrons. The number of carbonyl (C=O) groups excluding carboxylic acids is 1. The molecule has 1 aromatic heterocycles. The van der Waals surface area contributed by atoms with Gasteiger partial charge in [-0.05, 0) is 30.2 Å². The summed E-state index contributed by atoms with van der Waals surface area (Å²) in [5, 5.41) is 7.74. The molecule has 0 unspecified atom stereocenters. The quantitative estimate of drug-likeness (QED) is 0.656. The first kappa shape index (κ1) is 20.6. The fourth-order valence-corrected chi connectivity index (χ4v) is 3.98. The highest BCUT2D eigenvalue weighted by atomic mass is 35.5. The van der Waals surface area contributed by atoms with Crippen LogP contribution in [0.2, 0.25) is 5.15 Å². The lowest BCUT2D eigenvalue weighted by atomic mass is 10.1. The first-order valence-electron chi connectivity index (χ1n) is 10.1. The van der Waals surface area contributed by atoms with E-state index in [4.69, 9.17) is 16.3 Å². The molecule has 1 N–H and O–H groups in total. The molecule has 2 heterocycles. The topological polar surface area (TPSA) is 59.4 Å². The van der Waals surface area contributed by atoms with E-state index in [1.54, 1.807) is 11.6 Å². The number of hydrogen-bond donors (Lipinski definition) is 1. The Kier molecular flexibility index (Phi) is 6.47. The second-order valence-electron chi connectivity index (χ2n) is 7.39. The third-order valence-electron chi connectivity index (χ3n) is 5.19. The molecule has 0 spiro atoms. The predicted octanol–water partition coefficient (Wildman–Crippen LogP) is 3.60. The van der Waals surface area contributed by atoms with Crippen LogP contribution in [0.4, 0.5) is 0 Å². The number of aryl methyl sites for hydroxylation is 1. The first-order valence-corrected chi connectivity index (χ1v) is 10.5. The van der Waals surface area contributed by atoms with Crippen molar-refractivity contribution in [2.24, 2.45) is 0 Å². The van der Waals surface area contributed by atoms with Gasteiger partial charge >= 0.3 is 0 Å². The van der Waals surface area contributed by atoms with Gasteiger partial charge < -0.3 is 10.1 Å². The van der Waals surface area contributed by atoms with E-state index in [-0.39, 0.29) is 5.91 Å². The lowest BCUT2D eigenvalue weighted by Gasteiger charge is -2.26. The van der Waals surface area contributed by atoms with Crippen LogP contribution in [0.1, 0.15) is 27.2 Å². The summed E-state index contributed by atoms with van der Waals surface area (Å²) in [6.07, 6.45) is 0. The molecular weight excluding hydrogens is 400 g/mol. The van der Waals surface area contributed by atoms with Crippen molar-refractivity contribution in [2.75, 3.05) is 26.3 Å². The van der Waals surface area contributed by atoms with Gasteiger partial charge in [0.25, 0.3) is 5.91 Å². The van der Waals surface area contributed by atoms with Gasteiger partial charge in [-0.25, -0.2) is 4.68 Å². The van der Waals surface area contributed by atoms with Crippen LogP contribution in [-0.2, 0) is 17.8 Å². The molecule has 1 aliphatic heterocycles. The molecular formula is C23H25ClN4O2. The van der Waals surface area contributed by atoms with Crippen LogP contribution in [0.25, 0.3) is 5.69 Å². The number of carbonyl (C=O) groups is 1. The number of rotatable bonds is 6. The maximum Gasteiger partial charge on any atom is 0.256 e. The molecule has 0 aliphatic carbocycles. The lowest BCUT2D eigenvalue weighted by Crippen LogP contribution is -2.35. The highest BCUT2D eigenvalue weighted by molar-refractivity contribution is 6.33. The van der Waals surface area contributed by atoms with Crippen LogP contribution >= 0.6 is 11.6 Å². The van der Waals surface area contributed by atoms with Crippen molar-refractivity contribution in [3.05, 3.63) is 82.1 Å². The van der Waals surface area contributed by atoms with Crippen molar-refractivity contribution in [3.8, 4) is 5.69 Å². The SMILES string of the molecule is Cc1nn(-c2ccccc2)c(Cl)c1C(=O)NCc1cccc(CN2CCOCC2)c1. The second kappa shape index (κ2) is 9.43. The summed E-state index contributed by atoms with van der Waals surface area (Å²) in [6, 6.07) is 17.9. The molecule has 2 aromatic carbocycles. The first-order chi connectivity index (χ1) is 14.6. The van der Waals surface area contributed by atoms with Crippen molar-refractivity contribution in [1.29, 1.82) is 0 Å². The van der Waals surface area contributed by atoms with Crippen LogP contribution < -0.4 is 5.32 Å². The van der Waals surface area contributed by atoms with Gasteiger partial charge in [0.05, 0.1) is 30.2 Å². The van der Waals surface area contributed by atoms with E-state index in [2.05, 4.69) is 27.4 Å². The van der Waals surface area contributed by atoms with Gasteiger partial charge in [0.1, 0.15) is 5.15 Å². The molecule has 1 amide bonds. The zero-order chi connectivity index (χ0) is 20.9. The van der Waals surface area contributed by atoms with Crippen LogP contribution in [0, 0.1) is 6.92 Å². The molecule has 3 aromatic rings. The van der Waals surface area contributed by atoms with Gasteiger partial charge in [0, 0.05) is 26.2 Å². The molecule has 156 valence electrons. The van der Waals surface area contributed by atoms with Gasteiger partial charge in [0.2, 0.25) is 0 Å². The Morgan fingerprint density at radius 2 is 1.83 bits per heavy atom. The van der Waals surface area contributed by atoms with E-state index in [0.29, 0.717) is 23.0 Å². The number of aromatic nitrogens is 2. The lowest BCUT2D eigenvalue weighted by molar-refractivity contribution is 0.0342. The molecule has 1 aliphatic rings. The summed E-state index contributed by atoms with van der Waals surface area (Å²) in [7, 11) is 0. The number of amides is 1. The fourth-order valence-electron chi connectivity index (χ4n) is 3.62. The number of ether oxygens (including phenoxy) is 1. The van der Waals surface area contributed by atoms with E-state index < -0.39 is 0 Å². The molecule has 0 saturated carbocycles. The summed E-state index contributed by atoms with van der Waals surface area (Å²) in [4.78, 5) is 15.2. The molecule has 0 bridgehead atoms. The standard InChI is InChI=1S/C23H25ClN4O2/c1-17-21(22(24)28(26-17)20-8-3-2-4-9-20)23(29)25-15-18-6-5-7-19(14-18)16-27-10-12-30-13-11-27/h2-9,14H,10-13,15-16H2,1H3,(H,25,29). The maximum atomic E-state index is 12.8. The Morgan fingerprint density at radius 1 is 1.10 bits per heavy atom. The normalized spacial score (nSPS) is 14.6. The number of para-hydroxylation sites is 1. The van der Waals surface area contributed by atoms with Gasteiger partial charge in [-0.2, -0.15) is 5.10 Å². The van der Waals surface area contributed by atoms with Crippen molar-refractivity contribution in [3.63, 3.8) is 0 Å². The number of halogens is 1. The van der Waals surface area contributed by atoms with Gasteiger partial charge in [-0.3, -0.25) is 9.69 Å². The number of morpholine rings is 1. The van der Waals surface area contributed by atoms with E-state index in [9.17, 15) is 4.79 Å². The van der Waals surface area contributed by atoms with Gasteiger partial charge in [-0.15, -0.1) is 0 Å². The molecule has 6 nitrogen and oxygen atoms in total. The average Bonchev–Trinajstić information content (AvgIpc) is 3.08. The smallest absolute Gasteiger partial charge is 0.256 e. The van der Waals surface area contributed by atoms with Crippen LogP contribution in [0.15, 0.2) is 54.6 Å². The Labute approximate surface area is 181 Å². The second-order valence-corrected chi connectivity index (χ2v) is 7.75. The van der Waals surface area contributed by atoms with Gasteiger partial charge in [-0.1, -0.05) is 54.1 Å². The number of nitrogens with zero attached hydrogens (tertiary/aromatic N) is 3. The Bertz CT molecular complexity index is 1010. The molecule has 1 fully saturated rings. The van der Waals surface area contributed by atoms with E-state index in [1.165, 1.54) is 5.56 Å². The highest BCUT2D eigenvalue weighted by Crippen LogP contribution is 2.23. The molecule has 30 heavy (non-hydrogen) atoms. The van der Waals surface area contributed by atoms with Crippen molar-refractivity contribution >= 4 is 17.5 Å². The highest BCUT2D eigenvalue weighted by Gasteiger charge is 2.21. The largest absolute Gasteiger partial charge is 0.379 e. The monoisotopic (exact) mass is 424 g/mol. The van der Waals surface area contributed by atoms with Crippen LogP contribution in [-0.4, -0.2) is 46.9 Å². The molecule has 0 atom stereocenters. The summed E-state index contributed by atoms with van der Waals surface area (Å²) in [5.41, 5.74) is 4.11. The Hall–Kier alpha value is -2.67. The summed E-state index contributed by atoms with van der Waals surface area (Å²) < 4.78 is 7.00. The van der Waals surface area contributed by atoms with Crippen molar-refractivity contribution in [1.82, 2.24) is 20.0 Å². The van der Waals surface area contributed by atoms with E-state index >= 15 is 0 Å². The summed E-state index contributed by atoms with van der Waals surface area (Å²) >= 11 is 6.50. The Morgan fingerprint density at radius 3 is 2.60 bits per heavy atom. The van der Waals surface area contributed by atoms with Crippen molar-refractivity contribution in [2.45, 2.75) is 20.0 Å². The number of hydrogen-bond acceptors (Lipinski definition) is 4. The van der Waals surface area contributed by atoms with E-state index in [1.807, 2.05) is 42.5 Å². The number of benzene rings is 2. The zero-order valence-corrected chi connectivity index (χ0v) is 17.7. The zero-order valence-electron chi connectivity index (χ0n) is 17.0. The Balaban J connectivity index is 1.43. The molecule has 7 heteroatoms. The van der Waals surface area contributed by atoms with Crippen LogP contribution in [0.5, 0.6) is 0 Å². The summed E-state index contributed by atoms with van der Waals surface area (Å²) in [5.74, 6) is -0.224. The third kappa shape index (κ3) is 4.73. The fraction of sp³-hybridized carbons (Fsp3) is 0.304. The third-order valence-corrected chi connectivity index (χ3v) is 5.54. The minimum atomic E-state index is -0.224.